The highest BCUT2D eigenvalue weighted by Gasteiger charge is 2.19. The minimum absolute atomic E-state index is 0.325. The Morgan fingerprint density at radius 3 is 1.73 bits per heavy atom. The predicted molar refractivity (Wildman–Crippen MR) is 88.7 cm³/mol. The van der Waals surface area contributed by atoms with E-state index in [1.807, 2.05) is 38.1 Å². The monoisotopic (exact) mass is 298 g/mol. The minimum atomic E-state index is -0.325. The van der Waals surface area contributed by atoms with Crippen LogP contribution in [0.5, 0.6) is 11.5 Å². The van der Waals surface area contributed by atoms with Crippen molar-refractivity contribution in [1.82, 2.24) is 0 Å². The van der Waals surface area contributed by atoms with Crippen molar-refractivity contribution in [3.05, 3.63) is 46.5 Å². The van der Waals surface area contributed by atoms with Crippen LogP contribution in [-0.4, -0.2) is 13.1 Å². The van der Waals surface area contributed by atoms with Gasteiger partial charge in [0.1, 0.15) is 11.5 Å². The van der Waals surface area contributed by atoms with Gasteiger partial charge in [-0.15, -0.1) is 0 Å². The molecule has 0 N–H and O–H groups in total. The van der Waals surface area contributed by atoms with Crippen LogP contribution in [0.15, 0.2) is 24.3 Å². The number of hydrogen-bond donors (Lipinski definition) is 0. The normalized spacial score (nSPS) is 10.5. The lowest BCUT2D eigenvalue weighted by Crippen LogP contribution is -2.05. The van der Waals surface area contributed by atoms with Gasteiger partial charge in [0.2, 0.25) is 0 Å². The summed E-state index contributed by atoms with van der Waals surface area (Å²) in [6.07, 6.45) is 0. The molecule has 0 spiro atoms. The third kappa shape index (κ3) is 2.84. The molecule has 0 heterocycles. The summed E-state index contributed by atoms with van der Waals surface area (Å²) in [5, 5.41) is 0. The largest absolute Gasteiger partial charge is 0.496 e. The Bertz CT molecular complexity index is 730. The Morgan fingerprint density at radius 1 is 0.818 bits per heavy atom. The van der Waals surface area contributed by atoms with Gasteiger partial charge >= 0.3 is 5.97 Å². The molecular formula is C19H22O3. The van der Waals surface area contributed by atoms with Crippen molar-refractivity contribution in [1.29, 1.82) is 0 Å². The zero-order chi connectivity index (χ0) is 16.4. The second-order valence-electron chi connectivity index (χ2n) is 5.56. The second kappa shape index (κ2) is 6.22. The smallest absolute Gasteiger partial charge is 0.308 e. The van der Waals surface area contributed by atoms with E-state index in [0.29, 0.717) is 5.75 Å². The molecule has 0 radical (unpaired) electrons. The Morgan fingerprint density at radius 2 is 1.27 bits per heavy atom. The lowest BCUT2D eigenvalue weighted by Gasteiger charge is -2.19. The standard InChI is InChI=1S/C19H22O3/c1-11-7-9-16(21-6)18(13(11)3)19-14(4)12(2)8-10-17(19)22-15(5)20/h7-10H,1-6H3. The predicted octanol–water partition coefficient (Wildman–Crippen LogP) is 4.52. The van der Waals surface area contributed by atoms with E-state index >= 15 is 0 Å². The number of carbonyl (C=O) groups excluding carboxylic acids is 1. The van der Waals surface area contributed by atoms with Crippen molar-refractivity contribution >= 4 is 5.97 Å². The average Bonchev–Trinajstić information content (AvgIpc) is 2.46. The van der Waals surface area contributed by atoms with Crippen LogP contribution in [0.25, 0.3) is 11.1 Å². The highest BCUT2D eigenvalue weighted by atomic mass is 16.5. The molecular weight excluding hydrogens is 276 g/mol. The summed E-state index contributed by atoms with van der Waals surface area (Å²) in [6.45, 7) is 9.63. The van der Waals surface area contributed by atoms with Crippen molar-refractivity contribution in [3.8, 4) is 22.6 Å². The lowest BCUT2D eigenvalue weighted by molar-refractivity contribution is -0.131. The molecule has 0 atom stereocenters. The van der Waals surface area contributed by atoms with Gasteiger partial charge in [-0.1, -0.05) is 12.1 Å². The van der Waals surface area contributed by atoms with E-state index < -0.39 is 0 Å². The maximum Gasteiger partial charge on any atom is 0.308 e. The first-order valence-electron chi connectivity index (χ1n) is 7.30. The highest BCUT2D eigenvalue weighted by Crippen LogP contribution is 2.42. The molecule has 2 aromatic carbocycles. The van der Waals surface area contributed by atoms with Gasteiger partial charge in [-0.2, -0.15) is 0 Å². The van der Waals surface area contributed by atoms with E-state index in [4.69, 9.17) is 9.47 Å². The second-order valence-corrected chi connectivity index (χ2v) is 5.56. The minimum Gasteiger partial charge on any atom is -0.496 e. The molecule has 2 aromatic rings. The van der Waals surface area contributed by atoms with Crippen LogP contribution in [-0.2, 0) is 4.79 Å². The van der Waals surface area contributed by atoms with Crippen LogP contribution >= 0.6 is 0 Å². The fourth-order valence-electron chi connectivity index (χ4n) is 2.61. The van der Waals surface area contributed by atoms with Crippen LogP contribution in [0, 0.1) is 27.7 Å². The van der Waals surface area contributed by atoms with Gasteiger partial charge in [-0.25, -0.2) is 0 Å². The molecule has 0 fully saturated rings. The summed E-state index contributed by atoms with van der Waals surface area (Å²) in [7, 11) is 1.66. The molecule has 2 rings (SSSR count). The fourth-order valence-corrected chi connectivity index (χ4v) is 2.61. The van der Waals surface area contributed by atoms with Gasteiger partial charge in [0.15, 0.2) is 0 Å². The molecule has 0 aliphatic rings. The van der Waals surface area contributed by atoms with Crippen molar-refractivity contribution in [2.24, 2.45) is 0 Å². The van der Waals surface area contributed by atoms with Gasteiger partial charge in [-0.05, 0) is 62.1 Å². The topological polar surface area (TPSA) is 35.5 Å². The molecule has 0 bridgehead atoms. The van der Waals surface area contributed by atoms with E-state index in [2.05, 4.69) is 13.8 Å². The zero-order valence-corrected chi connectivity index (χ0v) is 14.0. The quantitative estimate of drug-likeness (QED) is 0.617. The van der Waals surface area contributed by atoms with Crippen LogP contribution in [0.1, 0.15) is 29.2 Å². The number of rotatable bonds is 3. The van der Waals surface area contributed by atoms with E-state index in [0.717, 1.165) is 33.6 Å². The Hall–Kier alpha value is -2.29. The van der Waals surface area contributed by atoms with Crippen molar-refractivity contribution in [3.63, 3.8) is 0 Å². The number of esters is 1. The van der Waals surface area contributed by atoms with E-state index in [-0.39, 0.29) is 5.97 Å². The zero-order valence-electron chi connectivity index (χ0n) is 14.0. The van der Waals surface area contributed by atoms with Crippen molar-refractivity contribution in [2.45, 2.75) is 34.6 Å². The average molecular weight is 298 g/mol. The third-order valence-corrected chi connectivity index (χ3v) is 4.12. The van der Waals surface area contributed by atoms with Gasteiger partial charge in [0.25, 0.3) is 0 Å². The molecule has 22 heavy (non-hydrogen) atoms. The first-order chi connectivity index (χ1) is 10.4. The fraction of sp³-hybridized carbons (Fsp3) is 0.316. The SMILES string of the molecule is COc1ccc(C)c(C)c1-c1c(OC(C)=O)ccc(C)c1C. The van der Waals surface area contributed by atoms with Gasteiger partial charge in [0.05, 0.1) is 7.11 Å². The summed E-state index contributed by atoms with van der Waals surface area (Å²) in [6, 6.07) is 7.81. The van der Waals surface area contributed by atoms with E-state index in [1.54, 1.807) is 7.11 Å². The van der Waals surface area contributed by atoms with Crippen LogP contribution in [0.2, 0.25) is 0 Å². The highest BCUT2D eigenvalue weighted by molar-refractivity contribution is 5.85. The van der Waals surface area contributed by atoms with Crippen LogP contribution in [0.4, 0.5) is 0 Å². The Balaban J connectivity index is 2.84. The van der Waals surface area contributed by atoms with Gasteiger partial charge in [-0.3, -0.25) is 4.79 Å². The van der Waals surface area contributed by atoms with Gasteiger partial charge < -0.3 is 9.47 Å². The molecule has 0 aromatic heterocycles. The van der Waals surface area contributed by atoms with Gasteiger partial charge in [0, 0.05) is 18.1 Å². The molecule has 0 aliphatic carbocycles. The summed E-state index contributed by atoms with van der Waals surface area (Å²) in [5.74, 6) is 1.03. The number of hydrogen-bond acceptors (Lipinski definition) is 3. The van der Waals surface area contributed by atoms with Crippen LogP contribution < -0.4 is 9.47 Å². The summed E-state index contributed by atoms with van der Waals surface area (Å²) in [5.41, 5.74) is 6.44. The van der Waals surface area contributed by atoms with Crippen LogP contribution in [0.3, 0.4) is 0 Å². The molecule has 0 saturated carbocycles. The first kappa shape index (κ1) is 16.1. The maximum absolute atomic E-state index is 11.4. The molecule has 0 saturated heterocycles. The number of aryl methyl sites for hydroxylation is 2. The van der Waals surface area contributed by atoms with E-state index in [9.17, 15) is 4.79 Å². The summed E-state index contributed by atoms with van der Waals surface area (Å²) >= 11 is 0. The summed E-state index contributed by atoms with van der Waals surface area (Å²) < 4.78 is 11.0. The maximum atomic E-state index is 11.4. The number of carbonyl (C=O) groups is 1. The molecule has 0 aliphatic heterocycles. The molecule has 0 unspecified atom stereocenters. The number of methoxy groups -OCH3 is 1. The Labute approximate surface area is 131 Å². The third-order valence-electron chi connectivity index (χ3n) is 4.12. The van der Waals surface area contributed by atoms with E-state index in [1.165, 1.54) is 12.5 Å². The molecule has 0 amide bonds. The number of benzene rings is 2. The van der Waals surface area contributed by atoms with Crippen molar-refractivity contribution in [2.75, 3.05) is 7.11 Å². The first-order valence-corrected chi connectivity index (χ1v) is 7.30. The number of ether oxygens (including phenoxy) is 2. The molecule has 116 valence electrons. The molecule has 3 heteroatoms. The summed E-state index contributed by atoms with van der Waals surface area (Å²) in [4.78, 5) is 11.4. The lowest BCUT2D eigenvalue weighted by atomic mass is 9.90. The van der Waals surface area contributed by atoms with Crippen molar-refractivity contribution < 1.29 is 14.3 Å². The Kier molecular flexibility index (Phi) is 4.55. The molecule has 3 nitrogen and oxygen atoms in total.